The molecule has 1 heterocycles. The van der Waals surface area contributed by atoms with Crippen LogP contribution in [0.2, 0.25) is 10.0 Å². The van der Waals surface area contributed by atoms with Crippen LogP contribution >= 0.6 is 23.2 Å². The van der Waals surface area contributed by atoms with E-state index < -0.39 is 10.1 Å². The third kappa shape index (κ3) is 8.65. The molecule has 34 heavy (non-hydrogen) atoms. The first kappa shape index (κ1) is 28.8. The Morgan fingerprint density at radius 2 is 1.44 bits per heavy atom. The van der Waals surface area contributed by atoms with Crippen molar-refractivity contribution in [2.24, 2.45) is 0 Å². The summed E-state index contributed by atoms with van der Waals surface area (Å²) in [5.41, 5.74) is 0.414. The normalized spacial score (nSPS) is 11.9. The van der Waals surface area contributed by atoms with Gasteiger partial charge in [-0.2, -0.15) is 13.4 Å². The Balaban J connectivity index is 2.10. The van der Waals surface area contributed by atoms with E-state index in [2.05, 4.69) is 11.9 Å². The van der Waals surface area contributed by atoms with Gasteiger partial charge in [-0.3, -0.25) is 4.57 Å². The number of aromatic nitrogens is 2. The van der Waals surface area contributed by atoms with Gasteiger partial charge in [-0.25, -0.2) is 0 Å². The van der Waals surface area contributed by atoms with Crippen LogP contribution in [0.1, 0.15) is 96.6 Å². The van der Waals surface area contributed by atoms with Crippen LogP contribution in [-0.2, 0) is 16.7 Å². The number of benzene rings is 1. The number of hydrogen-bond acceptors (Lipinski definition) is 5. The number of rotatable bonds is 16. The summed E-state index contributed by atoms with van der Waals surface area (Å²) in [6.45, 7) is 6.49. The van der Waals surface area contributed by atoms with Gasteiger partial charge in [-0.1, -0.05) is 102 Å². The fourth-order valence-corrected chi connectivity index (χ4v) is 5.84. The molecule has 0 aliphatic rings. The fraction of sp³-hybridized carbons (Fsp3) is 0.640. The summed E-state index contributed by atoms with van der Waals surface area (Å²) in [4.78, 5) is 4.46. The van der Waals surface area contributed by atoms with Crippen molar-refractivity contribution >= 4 is 33.3 Å². The van der Waals surface area contributed by atoms with Gasteiger partial charge in [0.1, 0.15) is 5.75 Å². The van der Waals surface area contributed by atoms with Gasteiger partial charge in [-0.15, -0.1) is 0 Å². The van der Waals surface area contributed by atoms with Gasteiger partial charge in [-0.05, 0) is 18.4 Å². The van der Waals surface area contributed by atoms with E-state index in [9.17, 15) is 8.42 Å². The molecule has 0 spiro atoms. The van der Waals surface area contributed by atoms with Crippen molar-refractivity contribution in [1.29, 1.82) is 0 Å². The van der Waals surface area contributed by atoms with Crippen molar-refractivity contribution in [1.82, 2.24) is 9.55 Å². The topological polar surface area (TPSA) is 70.4 Å². The van der Waals surface area contributed by atoms with Gasteiger partial charge in [0, 0.05) is 28.7 Å². The second-order valence-corrected chi connectivity index (χ2v) is 11.3. The van der Waals surface area contributed by atoms with Gasteiger partial charge >= 0.3 is 10.1 Å². The highest BCUT2D eigenvalue weighted by Gasteiger charge is 2.32. The quantitative estimate of drug-likeness (QED) is 0.161. The third-order valence-electron chi connectivity index (χ3n) is 5.65. The summed E-state index contributed by atoms with van der Waals surface area (Å²) in [6, 6.07) is 4.62. The Morgan fingerprint density at radius 1 is 0.912 bits per heavy atom. The Hall–Kier alpha value is -1.44. The van der Waals surface area contributed by atoms with Crippen molar-refractivity contribution in [2.75, 3.05) is 7.11 Å². The summed E-state index contributed by atoms with van der Waals surface area (Å²) in [5, 5.41) is 0.600. The predicted molar refractivity (Wildman–Crippen MR) is 139 cm³/mol. The lowest BCUT2D eigenvalue weighted by atomic mass is 10.1. The molecule has 0 N–H and O–H groups in total. The molecule has 0 radical (unpaired) electrons. The molecule has 0 saturated carbocycles. The molecule has 0 amide bonds. The summed E-state index contributed by atoms with van der Waals surface area (Å²) in [5.74, 6) is -0.0861. The van der Waals surface area contributed by atoms with E-state index in [1.165, 1.54) is 70.3 Å². The molecule has 192 valence electrons. The van der Waals surface area contributed by atoms with Crippen LogP contribution in [-0.4, -0.2) is 25.1 Å². The highest BCUT2D eigenvalue weighted by atomic mass is 35.5. The van der Waals surface area contributed by atoms with E-state index in [1.807, 2.05) is 13.8 Å². The maximum atomic E-state index is 13.4. The highest BCUT2D eigenvalue weighted by Crippen LogP contribution is 2.32. The molecule has 9 heteroatoms. The van der Waals surface area contributed by atoms with Crippen molar-refractivity contribution < 1.29 is 17.3 Å². The lowest BCUT2D eigenvalue weighted by Crippen LogP contribution is -2.18. The smallest absolute Gasteiger partial charge is 0.357 e. The first-order chi connectivity index (χ1) is 16.2. The number of imidazole rings is 1. The molecule has 2 rings (SSSR count). The molecule has 1 aromatic carbocycles. The molecular weight excluding hydrogens is 495 g/mol. The second kappa shape index (κ2) is 14.2. The molecule has 0 saturated heterocycles. The van der Waals surface area contributed by atoms with Gasteiger partial charge in [0.15, 0.2) is 0 Å². The van der Waals surface area contributed by atoms with E-state index in [0.29, 0.717) is 22.3 Å². The van der Waals surface area contributed by atoms with E-state index in [0.717, 1.165) is 19.3 Å². The molecule has 1 aromatic heterocycles. The standard InChI is InChI=1S/C25H38Cl2N2O4S/c1-5-6-7-8-9-10-11-12-13-14-15-29-24(23(19(2)3)28-25(29)32-4)34(30,31)33-22-17-20(26)16-21(27)18-22/h16-19H,5-15H2,1-4H3. The largest absolute Gasteiger partial charge is 0.468 e. The van der Waals surface area contributed by atoms with E-state index in [1.54, 1.807) is 4.57 Å². The van der Waals surface area contributed by atoms with Crippen molar-refractivity contribution in [2.45, 2.75) is 102 Å². The minimum atomic E-state index is -4.20. The molecule has 0 bridgehead atoms. The van der Waals surface area contributed by atoms with Crippen LogP contribution in [0.25, 0.3) is 0 Å². The lowest BCUT2D eigenvalue weighted by molar-refractivity contribution is 0.344. The zero-order valence-corrected chi connectivity index (χ0v) is 23.1. The van der Waals surface area contributed by atoms with Crippen LogP contribution in [0.3, 0.4) is 0 Å². The maximum Gasteiger partial charge on any atom is 0.357 e. The average molecular weight is 534 g/mol. The highest BCUT2D eigenvalue weighted by molar-refractivity contribution is 7.87. The van der Waals surface area contributed by atoms with E-state index >= 15 is 0 Å². The Morgan fingerprint density at radius 3 is 1.94 bits per heavy atom. The van der Waals surface area contributed by atoms with E-state index in [-0.39, 0.29) is 22.7 Å². The van der Waals surface area contributed by atoms with Crippen LogP contribution in [0.4, 0.5) is 0 Å². The zero-order valence-electron chi connectivity index (χ0n) is 20.8. The van der Waals surface area contributed by atoms with Gasteiger partial charge in [0.2, 0.25) is 5.03 Å². The predicted octanol–water partition coefficient (Wildman–Crippen LogP) is 8.01. The van der Waals surface area contributed by atoms with Crippen LogP contribution in [0.5, 0.6) is 11.8 Å². The number of unbranched alkanes of at least 4 members (excludes halogenated alkanes) is 9. The molecule has 6 nitrogen and oxygen atoms in total. The number of hydrogen-bond donors (Lipinski definition) is 0. The third-order valence-corrected chi connectivity index (χ3v) is 7.41. The monoisotopic (exact) mass is 532 g/mol. The molecule has 0 fully saturated rings. The second-order valence-electron chi connectivity index (χ2n) is 8.92. The first-order valence-corrected chi connectivity index (χ1v) is 14.4. The number of halogens is 2. The molecule has 2 aromatic rings. The van der Waals surface area contributed by atoms with Crippen LogP contribution in [0.15, 0.2) is 23.2 Å². The maximum absolute atomic E-state index is 13.4. The Kier molecular flexibility index (Phi) is 12.0. The summed E-state index contributed by atoms with van der Waals surface area (Å²) >= 11 is 12.0. The van der Waals surface area contributed by atoms with Gasteiger partial charge < -0.3 is 8.92 Å². The fourth-order valence-electron chi connectivity index (χ4n) is 3.93. The number of nitrogens with zero attached hydrogens (tertiary/aromatic N) is 2. The Labute approximate surface area is 215 Å². The van der Waals surface area contributed by atoms with Crippen molar-refractivity contribution in [3.05, 3.63) is 33.9 Å². The van der Waals surface area contributed by atoms with Gasteiger partial charge in [0.05, 0.1) is 12.8 Å². The summed E-state index contributed by atoms with van der Waals surface area (Å²) in [7, 11) is -2.71. The lowest BCUT2D eigenvalue weighted by Gasteiger charge is -2.14. The summed E-state index contributed by atoms with van der Waals surface area (Å²) in [6.07, 6.45) is 12.0. The molecule has 0 unspecified atom stereocenters. The van der Waals surface area contributed by atoms with Crippen molar-refractivity contribution in [3.8, 4) is 11.8 Å². The van der Waals surface area contributed by atoms with Crippen LogP contribution < -0.4 is 8.92 Å². The van der Waals surface area contributed by atoms with Crippen molar-refractivity contribution in [3.63, 3.8) is 0 Å². The minimum absolute atomic E-state index is 0.0198. The molecule has 0 atom stereocenters. The zero-order chi connectivity index (χ0) is 25.1. The molecule has 0 aliphatic carbocycles. The minimum Gasteiger partial charge on any atom is -0.468 e. The average Bonchev–Trinajstić information content (AvgIpc) is 3.14. The SMILES string of the molecule is CCCCCCCCCCCCn1c(OC)nc(C(C)C)c1S(=O)(=O)Oc1cc(Cl)cc(Cl)c1. The van der Waals surface area contributed by atoms with E-state index in [4.69, 9.17) is 32.1 Å². The van der Waals surface area contributed by atoms with Crippen LogP contribution in [0, 0.1) is 0 Å². The molecular formula is C25H38Cl2N2O4S. The molecule has 0 aliphatic heterocycles. The Bertz CT molecular complexity index is 986. The summed E-state index contributed by atoms with van der Waals surface area (Å²) < 4.78 is 39.2. The number of methoxy groups -OCH3 is 1. The number of ether oxygens (including phenoxy) is 1. The first-order valence-electron chi connectivity index (χ1n) is 12.2. The van der Waals surface area contributed by atoms with Gasteiger partial charge in [0.25, 0.3) is 6.01 Å².